The Kier molecular flexibility index (Phi) is 5.96. The van der Waals surface area contributed by atoms with Gasteiger partial charge >= 0.3 is 11.4 Å². The van der Waals surface area contributed by atoms with Gasteiger partial charge in [0.25, 0.3) is 0 Å². The molecule has 1 aromatic rings. The molecule has 0 atom stereocenters. The fourth-order valence-corrected chi connectivity index (χ4v) is 2.74. The molecule has 1 rings (SSSR count). The van der Waals surface area contributed by atoms with E-state index < -0.39 is 47.5 Å². The first-order chi connectivity index (χ1) is 11.0. The molecule has 0 aromatic heterocycles. The molecule has 1 aromatic carbocycles. The van der Waals surface area contributed by atoms with Gasteiger partial charge in [-0.3, -0.25) is 25.0 Å². The fourth-order valence-electron chi connectivity index (χ4n) is 2.09. The molecule has 0 heterocycles. The SMILES string of the molecule is CCCCN(C(C)=O)c1c([N+](=O)[O-])cc(S(C)(=O)=O)cc1[N+](=O)[O-]. The summed E-state index contributed by atoms with van der Waals surface area (Å²) in [5, 5.41) is 22.7. The van der Waals surface area contributed by atoms with E-state index in [4.69, 9.17) is 0 Å². The molecule has 10 nitrogen and oxygen atoms in total. The van der Waals surface area contributed by atoms with E-state index in [0.29, 0.717) is 12.8 Å². The molecular formula is C13H17N3O7S. The van der Waals surface area contributed by atoms with E-state index in [-0.39, 0.29) is 6.54 Å². The van der Waals surface area contributed by atoms with Crippen molar-refractivity contribution in [3.8, 4) is 0 Å². The molecule has 0 radical (unpaired) electrons. The van der Waals surface area contributed by atoms with E-state index in [1.54, 1.807) is 0 Å². The van der Waals surface area contributed by atoms with Crippen molar-refractivity contribution < 1.29 is 23.1 Å². The lowest BCUT2D eigenvalue weighted by molar-refractivity contribution is -0.393. The summed E-state index contributed by atoms with van der Waals surface area (Å²) in [6.45, 7) is 3.01. The number of rotatable bonds is 7. The Morgan fingerprint density at radius 2 is 1.62 bits per heavy atom. The second-order valence-electron chi connectivity index (χ2n) is 5.12. The van der Waals surface area contributed by atoms with Crippen LogP contribution >= 0.6 is 0 Å². The molecule has 0 spiro atoms. The van der Waals surface area contributed by atoms with Gasteiger partial charge in [-0.1, -0.05) is 13.3 Å². The van der Waals surface area contributed by atoms with Crippen molar-refractivity contribution in [1.82, 2.24) is 0 Å². The van der Waals surface area contributed by atoms with Crippen molar-refractivity contribution in [2.45, 2.75) is 31.6 Å². The summed E-state index contributed by atoms with van der Waals surface area (Å²) in [7, 11) is -3.91. The Morgan fingerprint density at radius 1 is 1.17 bits per heavy atom. The van der Waals surface area contributed by atoms with Crippen LogP contribution < -0.4 is 4.90 Å². The van der Waals surface area contributed by atoms with Gasteiger partial charge in [-0.05, 0) is 6.42 Å². The molecule has 0 N–H and O–H groups in total. The van der Waals surface area contributed by atoms with Crippen LogP contribution in [0, 0.1) is 20.2 Å². The van der Waals surface area contributed by atoms with E-state index in [0.717, 1.165) is 30.2 Å². The molecule has 0 bridgehead atoms. The van der Waals surface area contributed by atoms with Crippen molar-refractivity contribution in [3.63, 3.8) is 0 Å². The van der Waals surface area contributed by atoms with Gasteiger partial charge in [0, 0.05) is 31.9 Å². The molecule has 11 heteroatoms. The van der Waals surface area contributed by atoms with Crippen LogP contribution in [0.25, 0.3) is 0 Å². The van der Waals surface area contributed by atoms with Crippen LogP contribution in [-0.4, -0.2) is 37.0 Å². The predicted molar refractivity (Wildman–Crippen MR) is 85.8 cm³/mol. The molecule has 0 aliphatic rings. The monoisotopic (exact) mass is 359 g/mol. The first kappa shape index (κ1) is 19.5. The molecule has 24 heavy (non-hydrogen) atoms. The zero-order valence-electron chi connectivity index (χ0n) is 13.4. The summed E-state index contributed by atoms with van der Waals surface area (Å²) >= 11 is 0. The highest BCUT2D eigenvalue weighted by Gasteiger charge is 2.34. The third-order valence-electron chi connectivity index (χ3n) is 3.25. The van der Waals surface area contributed by atoms with E-state index >= 15 is 0 Å². The van der Waals surface area contributed by atoms with Crippen LogP contribution in [0.4, 0.5) is 17.1 Å². The first-order valence-electron chi connectivity index (χ1n) is 6.95. The number of hydrogen-bond donors (Lipinski definition) is 0. The summed E-state index contributed by atoms with van der Waals surface area (Å²) in [4.78, 5) is 33.0. The van der Waals surface area contributed by atoms with E-state index in [2.05, 4.69) is 0 Å². The second kappa shape index (κ2) is 7.34. The Labute approximate surface area is 138 Å². The van der Waals surface area contributed by atoms with Gasteiger partial charge in [0.1, 0.15) is 0 Å². The maximum Gasteiger partial charge on any atom is 0.301 e. The number of nitro groups is 2. The van der Waals surface area contributed by atoms with Gasteiger partial charge in [0.05, 0.1) is 14.7 Å². The molecule has 0 fully saturated rings. The zero-order chi connectivity index (χ0) is 18.7. The van der Waals surface area contributed by atoms with Crippen LogP contribution in [0.2, 0.25) is 0 Å². The number of nitrogens with zero attached hydrogens (tertiary/aromatic N) is 3. The average molecular weight is 359 g/mol. The number of nitro benzene ring substituents is 2. The Bertz CT molecular complexity index is 754. The topological polar surface area (TPSA) is 141 Å². The third kappa shape index (κ3) is 4.25. The lowest BCUT2D eigenvalue weighted by Gasteiger charge is -2.20. The average Bonchev–Trinajstić information content (AvgIpc) is 2.45. The smallest absolute Gasteiger partial charge is 0.301 e. The normalized spacial score (nSPS) is 11.1. The summed E-state index contributed by atoms with van der Waals surface area (Å²) in [6.07, 6.45) is 1.92. The Balaban J connectivity index is 3.82. The quantitative estimate of drug-likeness (QED) is 0.536. The van der Waals surface area contributed by atoms with Crippen LogP contribution in [0.5, 0.6) is 0 Å². The maximum atomic E-state index is 11.8. The highest BCUT2D eigenvalue weighted by atomic mass is 32.2. The molecule has 132 valence electrons. The molecule has 0 aliphatic heterocycles. The largest absolute Gasteiger partial charge is 0.301 e. The number of amides is 1. The van der Waals surface area contributed by atoms with E-state index in [1.165, 1.54) is 0 Å². The fraction of sp³-hybridized carbons (Fsp3) is 0.462. The zero-order valence-corrected chi connectivity index (χ0v) is 14.2. The summed E-state index contributed by atoms with van der Waals surface area (Å²) < 4.78 is 23.3. The van der Waals surface area contributed by atoms with Gasteiger partial charge < -0.3 is 4.90 Å². The third-order valence-corrected chi connectivity index (χ3v) is 4.34. The van der Waals surface area contributed by atoms with Crippen molar-refractivity contribution in [2.75, 3.05) is 17.7 Å². The minimum atomic E-state index is -3.91. The summed E-state index contributed by atoms with van der Waals surface area (Å²) in [5.74, 6) is -0.609. The highest BCUT2D eigenvalue weighted by molar-refractivity contribution is 7.90. The van der Waals surface area contributed by atoms with E-state index in [9.17, 15) is 33.4 Å². The Morgan fingerprint density at radius 3 is 1.92 bits per heavy atom. The number of sulfone groups is 1. The molecule has 0 aliphatic carbocycles. The van der Waals surface area contributed by atoms with Crippen LogP contribution in [0.1, 0.15) is 26.7 Å². The van der Waals surface area contributed by atoms with Crippen LogP contribution in [0.3, 0.4) is 0 Å². The van der Waals surface area contributed by atoms with Gasteiger partial charge in [-0.25, -0.2) is 8.42 Å². The molecule has 1 amide bonds. The molecule has 0 unspecified atom stereocenters. The summed E-state index contributed by atoms with van der Waals surface area (Å²) in [6, 6.07) is 1.47. The van der Waals surface area contributed by atoms with Crippen molar-refractivity contribution >= 4 is 32.8 Å². The number of hydrogen-bond acceptors (Lipinski definition) is 7. The minimum Gasteiger partial charge on any atom is -0.301 e. The summed E-state index contributed by atoms with van der Waals surface area (Å²) in [5.41, 5.74) is -2.09. The van der Waals surface area contributed by atoms with Gasteiger partial charge in [-0.15, -0.1) is 0 Å². The van der Waals surface area contributed by atoms with E-state index in [1.807, 2.05) is 6.92 Å². The maximum absolute atomic E-state index is 11.8. The van der Waals surface area contributed by atoms with Gasteiger partial charge in [0.2, 0.25) is 11.6 Å². The number of carbonyl (C=O) groups is 1. The highest BCUT2D eigenvalue weighted by Crippen LogP contribution is 2.40. The number of unbranched alkanes of at least 4 members (excludes halogenated alkanes) is 1. The Hall–Kier alpha value is -2.56. The lowest BCUT2D eigenvalue weighted by atomic mass is 10.2. The lowest BCUT2D eigenvalue weighted by Crippen LogP contribution is -2.31. The molecule has 0 saturated heterocycles. The van der Waals surface area contributed by atoms with Crippen molar-refractivity contribution in [2.24, 2.45) is 0 Å². The van der Waals surface area contributed by atoms with Crippen LogP contribution in [0.15, 0.2) is 17.0 Å². The standard InChI is InChI=1S/C13H17N3O7S/c1-4-5-6-14(9(2)17)13-11(15(18)19)7-10(24(3,22)23)8-12(13)16(20)21/h7-8H,4-6H2,1-3H3. The molecular weight excluding hydrogens is 342 g/mol. The van der Waals surface area contributed by atoms with Crippen molar-refractivity contribution in [1.29, 1.82) is 0 Å². The minimum absolute atomic E-state index is 0.0474. The number of anilines is 1. The first-order valence-corrected chi connectivity index (χ1v) is 8.84. The number of benzene rings is 1. The number of carbonyl (C=O) groups excluding carboxylic acids is 1. The van der Waals surface area contributed by atoms with Crippen molar-refractivity contribution in [3.05, 3.63) is 32.4 Å². The van der Waals surface area contributed by atoms with Crippen LogP contribution in [-0.2, 0) is 14.6 Å². The molecule has 0 saturated carbocycles. The van der Waals surface area contributed by atoms with Gasteiger partial charge in [0.15, 0.2) is 9.84 Å². The van der Waals surface area contributed by atoms with Gasteiger partial charge in [-0.2, -0.15) is 0 Å². The second-order valence-corrected chi connectivity index (χ2v) is 7.14. The predicted octanol–water partition coefficient (Wildman–Crippen LogP) is 2.06.